The van der Waals surface area contributed by atoms with E-state index in [1.165, 1.54) is 0 Å². The highest BCUT2D eigenvalue weighted by atomic mass is 16.5. The lowest BCUT2D eigenvalue weighted by Crippen LogP contribution is -2.36. The first-order chi connectivity index (χ1) is 10.7. The number of carbonyl (C=O) groups is 1. The Kier molecular flexibility index (Phi) is 6.15. The third kappa shape index (κ3) is 4.43. The van der Waals surface area contributed by atoms with Crippen LogP contribution in [0.25, 0.3) is 10.9 Å². The normalized spacial score (nSPS) is 10.9. The molecule has 0 bridgehead atoms. The molecule has 0 aliphatic rings. The third-order valence-electron chi connectivity index (χ3n) is 3.60. The molecule has 1 N–H and O–H groups in total. The zero-order valence-corrected chi connectivity index (χ0v) is 13.2. The van der Waals surface area contributed by atoms with E-state index in [4.69, 9.17) is 4.74 Å². The Hall–Kier alpha value is -2.14. The van der Waals surface area contributed by atoms with Gasteiger partial charge < -0.3 is 15.0 Å². The number of aromatic nitrogens is 1. The van der Waals surface area contributed by atoms with Crippen LogP contribution < -0.4 is 10.1 Å². The second kappa shape index (κ2) is 8.34. The van der Waals surface area contributed by atoms with E-state index in [1.54, 1.807) is 6.20 Å². The fourth-order valence-electron chi connectivity index (χ4n) is 2.28. The number of benzene rings is 1. The number of amides is 1. The summed E-state index contributed by atoms with van der Waals surface area (Å²) in [6.07, 6.45) is 1.72. The molecule has 0 saturated heterocycles. The average molecular weight is 301 g/mol. The van der Waals surface area contributed by atoms with Crippen molar-refractivity contribution in [1.29, 1.82) is 0 Å². The maximum Gasteiger partial charge on any atom is 0.257 e. The van der Waals surface area contributed by atoms with Gasteiger partial charge in [0.1, 0.15) is 11.3 Å². The number of nitrogens with zero attached hydrogens (tertiary/aromatic N) is 2. The minimum atomic E-state index is -0.111. The fourth-order valence-corrected chi connectivity index (χ4v) is 2.28. The predicted octanol–water partition coefficient (Wildman–Crippen LogP) is 2.07. The zero-order valence-electron chi connectivity index (χ0n) is 13.2. The molecule has 5 nitrogen and oxygen atoms in total. The van der Waals surface area contributed by atoms with Crippen molar-refractivity contribution in [2.75, 3.05) is 32.8 Å². The van der Waals surface area contributed by atoms with Gasteiger partial charge in [0.05, 0.1) is 0 Å². The molecule has 0 radical (unpaired) electrons. The van der Waals surface area contributed by atoms with Crippen LogP contribution >= 0.6 is 0 Å². The van der Waals surface area contributed by atoms with Gasteiger partial charge in [0.25, 0.3) is 5.91 Å². The van der Waals surface area contributed by atoms with Gasteiger partial charge in [-0.1, -0.05) is 32.0 Å². The maximum absolute atomic E-state index is 11.8. The second-order valence-corrected chi connectivity index (χ2v) is 5.00. The highest BCUT2D eigenvalue weighted by molar-refractivity contribution is 5.85. The minimum Gasteiger partial charge on any atom is -0.481 e. The van der Waals surface area contributed by atoms with Crippen LogP contribution in [-0.4, -0.2) is 48.6 Å². The number of para-hydroxylation sites is 1. The van der Waals surface area contributed by atoms with E-state index in [0.29, 0.717) is 12.3 Å². The summed E-state index contributed by atoms with van der Waals surface area (Å²) in [7, 11) is 0. The highest BCUT2D eigenvalue weighted by Gasteiger charge is 2.07. The molecule has 1 aromatic carbocycles. The molecule has 2 aromatic rings. The van der Waals surface area contributed by atoms with Gasteiger partial charge in [0, 0.05) is 24.7 Å². The van der Waals surface area contributed by atoms with Crippen LogP contribution in [0.2, 0.25) is 0 Å². The summed E-state index contributed by atoms with van der Waals surface area (Å²) in [6.45, 7) is 7.71. The molecule has 0 saturated carbocycles. The number of hydrogen-bond acceptors (Lipinski definition) is 4. The average Bonchev–Trinajstić information content (AvgIpc) is 2.57. The van der Waals surface area contributed by atoms with Gasteiger partial charge >= 0.3 is 0 Å². The van der Waals surface area contributed by atoms with Crippen molar-refractivity contribution in [1.82, 2.24) is 15.2 Å². The van der Waals surface area contributed by atoms with E-state index in [2.05, 4.69) is 29.0 Å². The monoisotopic (exact) mass is 301 g/mol. The summed E-state index contributed by atoms with van der Waals surface area (Å²) in [5, 5.41) is 3.88. The lowest BCUT2D eigenvalue weighted by atomic mass is 10.2. The summed E-state index contributed by atoms with van der Waals surface area (Å²) in [5.41, 5.74) is 0.779. The van der Waals surface area contributed by atoms with E-state index >= 15 is 0 Å². The van der Waals surface area contributed by atoms with E-state index < -0.39 is 0 Å². The van der Waals surface area contributed by atoms with Crippen LogP contribution in [0.15, 0.2) is 36.5 Å². The number of fused-ring (bicyclic) bond motifs is 1. The van der Waals surface area contributed by atoms with Gasteiger partial charge in [-0.25, -0.2) is 0 Å². The predicted molar refractivity (Wildman–Crippen MR) is 88.0 cm³/mol. The maximum atomic E-state index is 11.8. The van der Waals surface area contributed by atoms with Gasteiger partial charge in [0.15, 0.2) is 6.61 Å². The molecule has 1 amide bonds. The first kappa shape index (κ1) is 16.2. The topological polar surface area (TPSA) is 54.5 Å². The van der Waals surface area contributed by atoms with Crippen molar-refractivity contribution in [3.05, 3.63) is 36.5 Å². The minimum absolute atomic E-state index is 0.00787. The summed E-state index contributed by atoms with van der Waals surface area (Å²) in [4.78, 5) is 18.4. The summed E-state index contributed by atoms with van der Waals surface area (Å²) < 4.78 is 5.60. The van der Waals surface area contributed by atoms with Crippen molar-refractivity contribution in [2.45, 2.75) is 13.8 Å². The number of carbonyl (C=O) groups excluding carboxylic acids is 1. The van der Waals surface area contributed by atoms with Crippen molar-refractivity contribution < 1.29 is 9.53 Å². The van der Waals surface area contributed by atoms with Crippen LogP contribution in [0, 0.1) is 0 Å². The lowest BCUT2D eigenvalue weighted by molar-refractivity contribution is -0.123. The van der Waals surface area contributed by atoms with Gasteiger partial charge in [-0.05, 0) is 25.2 Å². The Labute approximate surface area is 131 Å². The molecule has 0 spiro atoms. The lowest BCUT2D eigenvalue weighted by Gasteiger charge is -2.18. The van der Waals surface area contributed by atoms with E-state index in [1.807, 2.05) is 30.3 Å². The van der Waals surface area contributed by atoms with Gasteiger partial charge in [-0.15, -0.1) is 0 Å². The molecule has 0 fully saturated rings. The van der Waals surface area contributed by atoms with Crippen LogP contribution in [0.5, 0.6) is 5.75 Å². The molecule has 2 rings (SSSR count). The number of pyridine rings is 1. The van der Waals surface area contributed by atoms with Crippen LogP contribution in [0.4, 0.5) is 0 Å². The standard InChI is InChI=1S/C17H23N3O2/c1-3-20(4-2)12-11-18-16(21)13-22-15-9-5-7-14-8-6-10-19-17(14)15/h5-10H,3-4,11-13H2,1-2H3,(H,18,21). The molecule has 1 heterocycles. The van der Waals surface area contributed by atoms with Gasteiger partial charge in [0.2, 0.25) is 0 Å². The molecule has 1 aromatic heterocycles. The third-order valence-corrected chi connectivity index (χ3v) is 3.60. The summed E-state index contributed by atoms with van der Waals surface area (Å²) in [5.74, 6) is 0.525. The Balaban J connectivity index is 1.83. The Morgan fingerprint density at radius 1 is 1.23 bits per heavy atom. The first-order valence-electron chi connectivity index (χ1n) is 7.70. The Morgan fingerprint density at radius 2 is 2.00 bits per heavy atom. The van der Waals surface area contributed by atoms with E-state index in [9.17, 15) is 4.79 Å². The molecular weight excluding hydrogens is 278 g/mol. The van der Waals surface area contributed by atoms with Crippen LogP contribution in [0.1, 0.15) is 13.8 Å². The fraction of sp³-hybridized carbons (Fsp3) is 0.412. The quantitative estimate of drug-likeness (QED) is 0.811. The summed E-state index contributed by atoms with van der Waals surface area (Å²) in [6, 6.07) is 9.56. The Bertz CT molecular complexity index is 606. The SMILES string of the molecule is CCN(CC)CCNC(=O)COc1cccc2cccnc12. The Morgan fingerprint density at radius 3 is 2.77 bits per heavy atom. The molecule has 0 unspecified atom stereocenters. The molecule has 118 valence electrons. The smallest absolute Gasteiger partial charge is 0.257 e. The number of rotatable bonds is 8. The number of nitrogens with one attached hydrogen (secondary N) is 1. The molecule has 0 aliphatic carbocycles. The van der Waals surface area contributed by atoms with E-state index in [-0.39, 0.29) is 12.5 Å². The van der Waals surface area contributed by atoms with Crippen molar-refractivity contribution >= 4 is 16.8 Å². The largest absolute Gasteiger partial charge is 0.481 e. The van der Waals surface area contributed by atoms with Gasteiger partial charge in [-0.3, -0.25) is 9.78 Å². The highest BCUT2D eigenvalue weighted by Crippen LogP contribution is 2.22. The molecule has 5 heteroatoms. The number of likely N-dealkylation sites (N-methyl/N-ethyl adjacent to an activating group) is 1. The van der Waals surface area contributed by atoms with Crippen LogP contribution in [-0.2, 0) is 4.79 Å². The first-order valence-corrected chi connectivity index (χ1v) is 7.70. The second-order valence-electron chi connectivity index (χ2n) is 5.00. The van der Waals surface area contributed by atoms with Gasteiger partial charge in [-0.2, -0.15) is 0 Å². The van der Waals surface area contributed by atoms with Crippen molar-refractivity contribution in [2.24, 2.45) is 0 Å². The summed E-state index contributed by atoms with van der Waals surface area (Å²) >= 11 is 0. The molecule has 0 atom stereocenters. The molecule has 22 heavy (non-hydrogen) atoms. The van der Waals surface area contributed by atoms with Crippen LogP contribution in [0.3, 0.4) is 0 Å². The zero-order chi connectivity index (χ0) is 15.8. The number of ether oxygens (including phenoxy) is 1. The van der Waals surface area contributed by atoms with E-state index in [0.717, 1.165) is 30.5 Å². The van der Waals surface area contributed by atoms with Crippen molar-refractivity contribution in [3.63, 3.8) is 0 Å². The van der Waals surface area contributed by atoms with Crippen molar-refractivity contribution in [3.8, 4) is 5.75 Å². The molecule has 0 aliphatic heterocycles. The number of hydrogen-bond donors (Lipinski definition) is 1. The molecular formula is C17H23N3O2.